The molecule has 1 aliphatic rings. The number of aryl methyl sites for hydroxylation is 2. The molecule has 0 saturated heterocycles. The molecule has 1 aliphatic carbocycles. The molecule has 0 atom stereocenters. The average Bonchev–Trinajstić information content (AvgIpc) is 2.65. The molecule has 0 unspecified atom stereocenters. The summed E-state index contributed by atoms with van der Waals surface area (Å²) in [7, 11) is 1.97. The highest BCUT2D eigenvalue weighted by Gasteiger charge is 2.23. The number of nitrogens with zero attached hydrogens (tertiary/aromatic N) is 3. The molecule has 0 aromatic carbocycles. The monoisotopic (exact) mass is 303 g/mol. The Labute approximate surface area is 125 Å². The third-order valence-corrected chi connectivity index (χ3v) is 4.74. The normalized spacial score (nSPS) is 17.3. The van der Waals surface area contributed by atoms with Gasteiger partial charge in [-0.3, -0.25) is 9.58 Å². The first-order chi connectivity index (χ1) is 9.13. The molecule has 0 bridgehead atoms. The fraction of sp³-hybridized carbons (Fsp3) is 0.786. The molecule has 0 spiro atoms. The smallest absolute Gasteiger partial charge is 0.0860 e. The van der Waals surface area contributed by atoms with Gasteiger partial charge in [-0.1, -0.05) is 30.9 Å². The molecule has 1 aromatic heterocycles. The zero-order chi connectivity index (χ0) is 13.8. The Bertz CT molecular complexity index is 411. The van der Waals surface area contributed by atoms with E-state index in [0.717, 1.165) is 29.5 Å². The molecule has 0 aliphatic heterocycles. The number of hydrogen-bond acceptors (Lipinski definition) is 2. The van der Waals surface area contributed by atoms with Gasteiger partial charge in [0.15, 0.2) is 0 Å². The molecule has 0 N–H and O–H groups in total. The summed E-state index contributed by atoms with van der Waals surface area (Å²) in [6, 6.07) is 0.652. The van der Waals surface area contributed by atoms with Crippen molar-refractivity contribution in [3.63, 3.8) is 0 Å². The Morgan fingerprint density at radius 2 is 2.00 bits per heavy atom. The topological polar surface area (TPSA) is 21.1 Å². The van der Waals surface area contributed by atoms with Gasteiger partial charge in [0.25, 0.3) is 0 Å². The van der Waals surface area contributed by atoms with Crippen molar-refractivity contribution in [3.05, 3.63) is 16.4 Å². The van der Waals surface area contributed by atoms with Gasteiger partial charge in [0, 0.05) is 32.1 Å². The SMILES string of the molecule is Cc1nn(C)c(CN(CCCl)C2CCCCC2)c1Cl. The van der Waals surface area contributed by atoms with Gasteiger partial charge in [-0.25, -0.2) is 0 Å². The molecule has 3 nitrogen and oxygen atoms in total. The summed E-state index contributed by atoms with van der Waals surface area (Å²) in [6.45, 7) is 3.73. The molecule has 1 heterocycles. The molecule has 1 saturated carbocycles. The second-order valence-electron chi connectivity index (χ2n) is 5.42. The Hall–Kier alpha value is -0.250. The van der Waals surface area contributed by atoms with Crippen molar-refractivity contribution in [1.29, 1.82) is 0 Å². The third-order valence-electron chi connectivity index (χ3n) is 4.08. The first-order valence-electron chi connectivity index (χ1n) is 7.11. The van der Waals surface area contributed by atoms with E-state index in [1.807, 2.05) is 18.7 Å². The van der Waals surface area contributed by atoms with Crippen molar-refractivity contribution in [2.75, 3.05) is 12.4 Å². The lowest BCUT2D eigenvalue weighted by Gasteiger charge is -2.34. The first-order valence-corrected chi connectivity index (χ1v) is 8.02. The number of halogens is 2. The lowest BCUT2D eigenvalue weighted by Crippen LogP contribution is -2.38. The van der Waals surface area contributed by atoms with E-state index in [0.29, 0.717) is 11.9 Å². The second kappa shape index (κ2) is 6.96. The highest BCUT2D eigenvalue weighted by atomic mass is 35.5. The van der Waals surface area contributed by atoms with E-state index in [1.54, 1.807) is 0 Å². The van der Waals surface area contributed by atoms with Crippen molar-refractivity contribution in [2.45, 2.75) is 51.6 Å². The summed E-state index contributed by atoms with van der Waals surface area (Å²) >= 11 is 12.3. The summed E-state index contributed by atoms with van der Waals surface area (Å²) < 4.78 is 1.90. The van der Waals surface area contributed by atoms with Gasteiger partial charge in [0.2, 0.25) is 0 Å². The van der Waals surface area contributed by atoms with Crippen LogP contribution in [0.4, 0.5) is 0 Å². The van der Waals surface area contributed by atoms with Gasteiger partial charge < -0.3 is 0 Å². The van der Waals surface area contributed by atoms with Crippen LogP contribution in [0, 0.1) is 6.92 Å². The van der Waals surface area contributed by atoms with Crippen LogP contribution < -0.4 is 0 Å². The van der Waals surface area contributed by atoms with Crippen LogP contribution in [0.3, 0.4) is 0 Å². The maximum atomic E-state index is 6.35. The second-order valence-corrected chi connectivity index (χ2v) is 6.18. The Balaban J connectivity index is 2.11. The van der Waals surface area contributed by atoms with Gasteiger partial charge in [0.1, 0.15) is 0 Å². The minimum absolute atomic E-state index is 0.652. The van der Waals surface area contributed by atoms with Crippen LogP contribution >= 0.6 is 23.2 Å². The predicted octanol–water partition coefficient (Wildman–Crippen LogP) is 3.76. The molecule has 2 rings (SSSR count). The van der Waals surface area contributed by atoms with Crippen molar-refractivity contribution in [3.8, 4) is 0 Å². The van der Waals surface area contributed by atoms with E-state index in [4.69, 9.17) is 23.2 Å². The summed E-state index contributed by atoms with van der Waals surface area (Å²) in [6.07, 6.45) is 6.61. The van der Waals surface area contributed by atoms with Crippen LogP contribution in [0.5, 0.6) is 0 Å². The largest absolute Gasteiger partial charge is 0.293 e. The maximum absolute atomic E-state index is 6.35. The van der Waals surface area contributed by atoms with Gasteiger partial charge in [-0.05, 0) is 19.8 Å². The average molecular weight is 304 g/mol. The highest BCUT2D eigenvalue weighted by Crippen LogP contribution is 2.26. The lowest BCUT2D eigenvalue weighted by molar-refractivity contribution is 0.153. The standard InChI is InChI=1S/C14H23Cl2N3/c1-11-14(16)13(18(2)17-11)10-19(9-8-15)12-6-4-3-5-7-12/h12H,3-10H2,1-2H3. The molecule has 108 valence electrons. The van der Waals surface area contributed by atoms with Crippen molar-refractivity contribution >= 4 is 23.2 Å². The first kappa shape index (κ1) is 15.1. The summed E-state index contributed by atoms with van der Waals surface area (Å²) in [5, 5.41) is 5.20. The Morgan fingerprint density at radius 3 is 2.53 bits per heavy atom. The summed E-state index contributed by atoms with van der Waals surface area (Å²) in [5.74, 6) is 0.672. The highest BCUT2D eigenvalue weighted by molar-refractivity contribution is 6.31. The van der Waals surface area contributed by atoms with Crippen molar-refractivity contribution in [1.82, 2.24) is 14.7 Å². The Kier molecular flexibility index (Phi) is 5.55. The zero-order valence-electron chi connectivity index (χ0n) is 11.8. The van der Waals surface area contributed by atoms with E-state index in [9.17, 15) is 0 Å². The Morgan fingerprint density at radius 1 is 1.32 bits per heavy atom. The van der Waals surface area contributed by atoms with Gasteiger partial charge in [-0.15, -0.1) is 11.6 Å². The number of hydrogen-bond donors (Lipinski definition) is 0. The third kappa shape index (κ3) is 3.65. The fourth-order valence-corrected chi connectivity index (χ4v) is 3.43. The number of rotatable bonds is 5. The van der Waals surface area contributed by atoms with Crippen LogP contribution in [0.25, 0.3) is 0 Å². The van der Waals surface area contributed by atoms with E-state index in [-0.39, 0.29) is 0 Å². The van der Waals surface area contributed by atoms with Crippen molar-refractivity contribution in [2.24, 2.45) is 7.05 Å². The molecular formula is C14H23Cl2N3. The van der Waals surface area contributed by atoms with Crippen molar-refractivity contribution < 1.29 is 0 Å². The maximum Gasteiger partial charge on any atom is 0.0860 e. The lowest BCUT2D eigenvalue weighted by atomic mass is 9.94. The van der Waals surface area contributed by atoms with Crippen LogP contribution in [0.15, 0.2) is 0 Å². The van der Waals surface area contributed by atoms with Gasteiger partial charge in [-0.2, -0.15) is 5.10 Å². The zero-order valence-corrected chi connectivity index (χ0v) is 13.3. The van der Waals surface area contributed by atoms with Crippen LogP contribution in [-0.4, -0.2) is 33.1 Å². The van der Waals surface area contributed by atoms with E-state index in [1.165, 1.54) is 32.1 Å². The minimum atomic E-state index is 0.652. The van der Waals surface area contributed by atoms with E-state index in [2.05, 4.69) is 10.00 Å². The molecule has 0 amide bonds. The van der Waals surface area contributed by atoms with Crippen LogP contribution in [0.2, 0.25) is 5.02 Å². The molecule has 1 fully saturated rings. The van der Waals surface area contributed by atoms with Gasteiger partial charge in [0.05, 0.1) is 16.4 Å². The summed E-state index contributed by atoms with van der Waals surface area (Å²) in [5.41, 5.74) is 2.02. The predicted molar refractivity (Wildman–Crippen MR) is 81.0 cm³/mol. The summed E-state index contributed by atoms with van der Waals surface area (Å²) in [4.78, 5) is 2.48. The van der Waals surface area contributed by atoms with E-state index < -0.39 is 0 Å². The number of aromatic nitrogens is 2. The number of alkyl halides is 1. The molecular weight excluding hydrogens is 281 g/mol. The molecule has 0 radical (unpaired) electrons. The molecule has 19 heavy (non-hydrogen) atoms. The van der Waals surface area contributed by atoms with Gasteiger partial charge >= 0.3 is 0 Å². The fourth-order valence-electron chi connectivity index (χ4n) is 2.99. The minimum Gasteiger partial charge on any atom is -0.293 e. The molecule has 1 aromatic rings. The van der Waals surface area contributed by atoms with Crippen LogP contribution in [-0.2, 0) is 13.6 Å². The van der Waals surface area contributed by atoms with Crippen LogP contribution in [0.1, 0.15) is 43.5 Å². The quantitative estimate of drug-likeness (QED) is 0.772. The van der Waals surface area contributed by atoms with E-state index >= 15 is 0 Å². The molecule has 5 heteroatoms.